The van der Waals surface area contributed by atoms with Gasteiger partial charge in [0.2, 0.25) is 5.88 Å². The first-order chi connectivity index (χ1) is 8.26. The lowest BCUT2D eigenvalue weighted by Crippen LogP contribution is -2.29. The van der Waals surface area contributed by atoms with Crippen molar-refractivity contribution in [3.63, 3.8) is 0 Å². The minimum absolute atomic E-state index is 0.131. The maximum absolute atomic E-state index is 9.08. The smallest absolute Gasteiger partial charge is 0.239 e. The van der Waals surface area contributed by atoms with E-state index in [9.17, 15) is 0 Å². The molecule has 0 saturated heterocycles. The summed E-state index contributed by atoms with van der Waals surface area (Å²) in [6.07, 6.45) is 2.33. The summed E-state index contributed by atoms with van der Waals surface area (Å²) in [6.45, 7) is 3.18. The number of rotatable bonds is 6. The van der Waals surface area contributed by atoms with Crippen molar-refractivity contribution in [1.82, 2.24) is 4.98 Å². The minimum Gasteiger partial charge on any atom is -0.476 e. The molecule has 0 bridgehead atoms. The first-order valence-corrected chi connectivity index (χ1v) is 6.03. The van der Waals surface area contributed by atoms with Crippen LogP contribution in [0.15, 0.2) is 12.1 Å². The van der Waals surface area contributed by atoms with E-state index in [4.69, 9.17) is 15.6 Å². The number of nitrogens with zero attached hydrogens (tertiary/aromatic N) is 2. The van der Waals surface area contributed by atoms with Gasteiger partial charge in [-0.2, -0.15) is 4.98 Å². The Labute approximate surface area is 101 Å². The van der Waals surface area contributed by atoms with Crippen molar-refractivity contribution in [1.29, 1.82) is 0 Å². The molecule has 3 N–H and O–H groups in total. The van der Waals surface area contributed by atoms with Crippen LogP contribution in [0.3, 0.4) is 0 Å². The van der Waals surface area contributed by atoms with Crippen molar-refractivity contribution in [3.05, 3.63) is 12.1 Å². The van der Waals surface area contributed by atoms with Crippen molar-refractivity contribution in [2.24, 2.45) is 0 Å². The number of hydrogen-bond donors (Lipinski definition) is 2. The number of aliphatic hydroxyl groups is 1. The van der Waals surface area contributed by atoms with Crippen LogP contribution >= 0.6 is 0 Å². The average Bonchev–Trinajstić information content (AvgIpc) is 3.14. The van der Waals surface area contributed by atoms with E-state index < -0.39 is 0 Å². The molecule has 0 radical (unpaired) electrons. The van der Waals surface area contributed by atoms with Crippen LogP contribution in [0, 0.1) is 0 Å². The van der Waals surface area contributed by atoms with Gasteiger partial charge in [0, 0.05) is 12.6 Å². The second-order valence-electron chi connectivity index (χ2n) is 4.15. The van der Waals surface area contributed by atoms with E-state index >= 15 is 0 Å². The predicted octanol–water partition coefficient (Wildman–Crippen LogP) is 1.02. The molecule has 0 unspecified atom stereocenters. The van der Waals surface area contributed by atoms with Crippen molar-refractivity contribution in [2.75, 3.05) is 30.4 Å². The van der Waals surface area contributed by atoms with Crippen LogP contribution in [0.4, 0.5) is 11.5 Å². The molecule has 1 aromatic heterocycles. The zero-order valence-corrected chi connectivity index (χ0v) is 10.1. The molecule has 0 aromatic carbocycles. The van der Waals surface area contributed by atoms with Gasteiger partial charge in [0.1, 0.15) is 5.82 Å². The Morgan fingerprint density at radius 2 is 2.29 bits per heavy atom. The van der Waals surface area contributed by atoms with Gasteiger partial charge in [-0.1, -0.05) is 0 Å². The van der Waals surface area contributed by atoms with Gasteiger partial charge in [-0.3, -0.25) is 0 Å². The second-order valence-corrected chi connectivity index (χ2v) is 4.15. The Morgan fingerprint density at radius 1 is 1.53 bits per heavy atom. The van der Waals surface area contributed by atoms with Crippen LogP contribution in [0.25, 0.3) is 0 Å². The molecule has 0 atom stereocenters. The van der Waals surface area contributed by atoms with E-state index in [2.05, 4.69) is 9.88 Å². The summed E-state index contributed by atoms with van der Waals surface area (Å²) in [6, 6.07) is 4.19. The number of aromatic nitrogens is 1. The second kappa shape index (κ2) is 5.23. The lowest BCUT2D eigenvalue weighted by molar-refractivity contribution is 0.300. The summed E-state index contributed by atoms with van der Waals surface area (Å²) >= 11 is 0. The Morgan fingerprint density at radius 3 is 2.88 bits per heavy atom. The van der Waals surface area contributed by atoms with E-state index in [-0.39, 0.29) is 6.61 Å². The molecule has 1 fully saturated rings. The largest absolute Gasteiger partial charge is 0.476 e. The number of pyridine rings is 1. The quantitative estimate of drug-likeness (QED) is 0.773. The van der Waals surface area contributed by atoms with Crippen LogP contribution in [0.5, 0.6) is 5.88 Å². The first kappa shape index (κ1) is 12.0. The topological polar surface area (TPSA) is 71.6 Å². The fourth-order valence-electron chi connectivity index (χ4n) is 1.83. The number of nitrogens with two attached hydrogens (primary N) is 1. The zero-order valence-electron chi connectivity index (χ0n) is 10.1. The van der Waals surface area contributed by atoms with Gasteiger partial charge in [-0.25, -0.2) is 0 Å². The number of nitrogen functional groups attached to an aromatic ring is 1. The highest BCUT2D eigenvalue weighted by Gasteiger charge is 2.29. The van der Waals surface area contributed by atoms with Gasteiger partial charge in [0.25, 0.3) is 0 Å². The number of anilines is 2. The van der Waals surface area contributed by atoms with E-state index in [1.54, 1.807) is 6.07 Å². The maximum Gasteiger partial charge on any atom is 0.239 e. The fourth-order valence-corrected chi connectivity index (χ4v) is 1.83. The van der Waals surface area contributed by atoms with Crippen molar-refractivity contribution >= 4 is 11.5 Å². The van der Waals surface area contributed by atoms with Gasteiger partial charge in [-0.05, 0) is 31.9 Å². The molecule has 1 aliphatic carbocycles. The monoisotopic (exact) mass is 237 g/mol. The Hall–Kier alpha value is -1.49. The fraction of sp³-hybridized carbons (Fsp3) is 0.583. The zero-order chi connectivity index (χ0) is 12.3. The van der Waals surface area contributed by atoms with E-state index in [1.807, 2.05) is 13.0 Å². The van der Waals surface area contributed by atoms with Crippen molar-refractivity contribution < 1.29 is 9.84 Å². The Balaban J connectivity index is 2.20. The van der Waals surface area contributed by atoms with Crippen LogP contribution in [-0.2, 0) is 0 Å². The highest BCUT2D eigenvalue weighted by Crippen LogP contribution is 2.32. The van der Waals surface area contributed by atoms with Crippen LogP contribution in [0.2, 0.25) is 0 Å². The molecule has 17 heavy (non-hydrogen) atoms. The maximum atomic E-state index is 9.08. The Kier molecular flexibility index (Phi) is 3.68. The average molecular weight is 237 g/mol. The standard InChI is InChI=1S/C12H19N3O2/c1-2-17-12-10(13)5-6-11(14-12)15(7-8-16)9-3-4-9/h5-6,9,16H,2-4,7-8,13H2,1H3. The summed E-state index contributed by atoms with van der Waals surface area (Å²) in [5, 5.41) is 9.08. The van der Waals surface area contributed by atoms with Gasteiger partial charge >= 0.3 is 0 Å². The number of hydrogen-bond acceptors (Lipinski definition) is 5. The molecular formula is C12H19N3O2. The van der Waals surface area contributed by atoms with Crippen molar-refractivity contribution in [2.45, 2.75) is 25.8 Å². The number of ether oxygens (including phenoxy) is 1. The molecule has 1 heterocycles. The SMILES string of the molecule is CCOc1nc(N(CCO)C2CC2)ccc1N. The van der Waals surface area contributed by atoms with E-state index in [1.165, 1.54) is 0 Å². The predicted molar refractivity (Wildman–Crippen MR) is 67.3 cm³/mol. The van der Waals surface area contributed by atoms with Gasteiger partial charge < -0.3 is 20.5 Å². The summed E-state index contributed by atoms with van der Waals surface area (Å²) in [4.78, 5) is 6.52. The molecule has 5 heteroatoms. The molecule has 1 saturated carbocycles. The molecule has 0 spiro atoms. The van der Waals surface area contributed by atoms with Crippen molar-refractivity contribution in [3.8, 4) is 5.88 Å². The van der Waals surface area contributed by atoms with E-state index in [0.29, 0.717) is 30.8 Å². The molecule has 2 rings (SSSR count). The number of aliphatic hydroxyl groups excluding tert-OH is 1. The molecule has 5 nitrogen and oxygen atoms in total. The minimum atomic E-state index is 0.131. The lowest BCUT2D eigenvalue weighted by atomic mass is 10.3. The lowest BCUT2D eigenvalue weighted by Gasteiger charge is -2.23. The van der Waals surface area contributed by atoms with Crippen LogP contribution < -0.4 is 15.4 Å². The normalized spacial score (nSPS) is 14.7. The molecule has 1 aromatic rings. The molecule has 0 aliphatic heterocycles. The highest BCUT2D eigenvalue weighted by atomic mass is 16.5. The van der Waals surface area contributed by atoms with Gasteiger partial charge in [-0.15, -0.1) is 0 Å². The summed E-state index contributed by atoms with van der Waals surface area (Å²) in [5.74, 6) is 1.31. The van der Waals surface area contributed by atoms with Gasteiger partial charge in [0.15, 0.2) is 0 Å². The summed E-state index contributed by atoms with van der Waals surface area (Å²) in [7, 11) is 0. The molecule has 94 valence electrons. The third-order valence-electron chi connectivity index (χ3n) is 2.78. The van der Waals surface area contributed by atoms with Gasteiger partial charge in [0.05, 0.1) is 18.9 Å². The molecule has 1 aliphatic rings. The first-order valence-electron chi connectivity index (χ1n) is 6.03. The Bertz CT molecular complexity index is 380. The van der Waals surface area contributed by atoms with Crippen LogP contribution in [-0.4, -0.2) is 35.9 Å². The molecular weight excluding hydrogens is 218 g/mol. The highest BCUT2D eigenvalue weighted by molar-refractivity contribution is 5.55. The van der Waals surface area contributed by atoms with Crippen LogP contribution in [0.1, 0.15) is 19.8 Å². The summed E-state index contributed by atoms with van der Waals surface area (Å²) in [5.41, 5.74) is 6.34. The summed E-state index contributed by atoms with van der Waals surface area (Å²) < 4.78 is 5.38. The third-order valence-corrected chi connectivity index (χ3v) is 2.78. The molecule has 0 amide bonds. The van der Waals surface area contributed by atoms with E-state index in [0.717, 1.165) is 18.7 Å². The third kappa shape index (κ3) is 2.79.